The molecule has 0 spiro atoms. The number of nitrogens with one attached hydrogen (secondary N) is 1. The SMILES string of the molecule is CNC[C@@]1(OC(=O)C=Cc2ccc(O)c(O)c2)[C@H](O)C[C@](O)(C(=O)O)C[C@H]1OC(=O)C=Cc1ccc(O)c(O)c1. The van der Waals surface area contributed by atoms with Crippen LogP contribution in [0.2, 0.25) is 0 Å². The van der Waals surface area contributed by atoms with Crippen molar-refractivity contribution in [2.75, 3.05) is 13.6 Å². The molecule has 2 aromatic rings. The molecule has 0 saturated heterocycles. The standard InChI is InChI=1S/C27H29NO12/c1-28-14-27(40-24(35)9-5-16-3-7-18(30)20(32)11-16)21(33)12-26(38,25(36)37)13-22(27)39-23(34)8-4-15-2-6-17(29)19(31)10-15/h2-11,21-22,28-33,38H,12-14H2,1H3,(H,36,37)/t21-,22-,26-,27-/m1/s1. The predicted molar refractivity (Wildman–Crippen MR) is 138 cm³/mol. The maximum atomic E-state index is 12.8. The summed E-state index contributed by atoms with van der Waals surface area (Å²) in [4.78, 5) is 37.3. The highest BCUT2D eigenvalue weighted by molar-refractivity contribution is 5.89. The van der Waals surface area contributed by atoms with E-state index in [1.807, 2.05) is 0 Å². The first-order chi connectivity index (χ1) is 18.8. The van der Waals surface area contributed by atoms with Crippen LogP contribution in [0.5, 0.6) is 23.0 Å². The molecule has 0 radical (unpaired) electrons. The Kier molecular flexibility index (Phi) is 9.04. The van der Waals surface area contributed by atoms with Gasteiger partial charge in [-0.2, -0.15) is 0 Å². The molecule has 0 unspecified atom stereocenters. The van der Waals surface area contributed by atoms with Gasteiger partial charge in [0, 0.05) is 31.5 Å². The van der Waals surface area contributed by atoms with Crippen molar-refractivity contribution in [1.29, 1.82) is 0 Å². The molecule has 1 fully saturated rings. The van der Waals surface area contributed by atoms with E-state index in [2.05, 4.69) is 5.32 Å². The van der Waals surface area contributed by atoms with E-state index in [1.165, 1.54) is 55.6 Å². The first kappa shape index (κ1) is 30.0. The van der Waals surface area contributed by atoms with Crippen LogP contribution >= 0.6 is 0 Å². The van der Waals surface area contributed by atoms with Gasteiger partial charge >= 0.3 is 17.9 Å². The molecule has 40 heavy (non-hydrogen) atoms. The van der Waals surface area contributed by atoms with Gasteiger partial charge in [0.15, 0.2) is 34.2 Å². The number of carboxylic acids is 1. The lowest BCUT2D eigenvalue weighted by Gasteiger charge is -2.49. The number of phenols is 4. The van der Waals surface area contributed by atoms with Crippen molar-refractivity contribution in [2.45, 2.75) is 36.3 Å². The summed E-state index contributed by atoms with van der Waals surface area (Å²) in [5.41, 5.74) is -3.93. The lowest BCUT2D eigenvalue weighted by atomic mass is 9.71. The molecule has 3 rings (SSSR count). The number of phenolic OH excluding ortho intramolecular Hbond substituents is 4. The quantitative estimate of drug-likeness (QED) is 0.120. The molecule has 8 N–H and O–H groups in total. The van der Waals surface area contributed by atoms with E-state index < -0.39 is 65.7 Å². The number of carbonyl (C=O) groups excluding carboxylic acids is 2. The zero-order valence-electron chi connectivity index (χ0n) is 21.2. The molecule has 0 heterocycles. The second-order valence-corrected chi connectivity index (χ2v) is 9.26. The summed E-state index contributed by atoms with van der Waals surface area (Å²) in [5.74, 6) is -5.37. The topological polar surface area (TPSA) is 223 Å². The number of esters is 2. The molecule has 2 aromatic carbocycles. The third-order valence-electron chi connectivity index (χ3n) is 6.39. The molecular formula is C27H29NO12. The Morgan fingerprint density at radius 1 is 0.900 bits per heavy atom. The third-order valence-corrected chi connectivity index (χ3v) is 6.39. The van der Waals surface area contributed by atoms with E-state index >= 15 is 0 Å². The van der Waals surface area contributed by atoms with Crippen LogP contribution in [-0.4, -0.2) is 90.7 Å². The Morgan fingerprint density at radius 3 is 1.90 bits per heavy atom. The fourth-order valence-corrected chi connectivity index (χ4v) is 4.28. The molecule has 0 bridgehead atoms. The summed E-state index contributed by atoms with van der Waals surface area (Å²) in [6.45, 7) is -0.309. The number of benzene rings is 2. The van der Waals surface area contributed by atoms with Crippen LogP contribution in [0.4, 0.5) is 0 Å². The normalized spacial score (nSPS) is 24.7. The number of likely N-dealkylation sites (N-methyl/N-ethyl adjacent to an activating group) is 1. The molecule has 1 aliphatic rings. The second-order valence-electron chi connectivity index (χ2n) is 9.26. The summed E-state index contributed by atoms with van der Waals surface area (Å²) in [6, 6.07) is 7.52. The molecular weight excluding hydrogens is 530 g/mol. The zero-order chi connectivity index (χ0) is 29.7. The Labute approximate surface area is 227 Å². The summed E-state index contributed by atoms with van der Waals surface area (Å²) >= 11 is 0. The Balaban J connectivity index is 1.90. The van der Waals surface area contributed by atoms with E-state index in [1.54, 1.807) is 0 Å². The van der Waals surface area contributed by atoms with Crippen molar-refractivity contribution in [3.05, 3.63) is 59.7 Å². The monoisotopic (exact) mass is 559 g/mol. The molecule has 1 aliphatic carbocycles. The van der Waals surface area contributed by atoms with E-state index in [4.69, 9.17) is 9.47 Å². The van der Waals surface area contributed by atoms with Crippen LogP contribution in [0.25, 0.3) is 12.2 Å². The fourth-order valence-electron chi connectivity index (χ4n) is 4.28. The molecule has 0 aromatic heterocycles. The number of hydrogen-bond donors (Lipinski definition) is 8. The molecule has 0 aliphatic heterocycles. The van der Waals surface area contributed by atoms with E-state index in [-0.39, 0.29) is 18.0 Å². The van der Waals surface area contributed by atoms with Gasteiger partial charge in [0.2, 0.25) is 0 Å². The largest absolute Gasteiger partial charge is 0.504 e. The molecule has 13 nitrogen and oxygen atoms in total. The number of carbonyl (C=O) groups is 3. The first-order valence-corrected chi connectivity index (χ1v) is 11.9. The van der Waals surface area contributed by atoms with Crippen LogP contribution in [0.1, 0.15) is 24.0 Å². The average Bonchev–Trinajstić information content (AvgIpc) is 2.88. The predicted octanol–water partition coefficient (Wildman–Crippen LogP) is 0.619. The molecule has 214 valence electrons. The van der Waals surface area contributed by atoms with Gasteiger partial charge in [-0.05, 0) is 54.6 Å². The number of hydrogen-bond acceptors (Lipinski definition) is 12. The van der Waals surface area contributed by atoms with Crippen molar-refractivity contribution in [3.63, 3.8) is 0 Å². The maximum absolute atomic E-state index is 12.8. The number of aliphatic carboxylic acids is 1. The number of aliphatic hydroxyl groups excluding tert-OH is 1. The summed E-state index contributed by atoms with van der Waals surface area (Å²) in [5, 5.41) is 72.1. The minimum atomic E-state index is -2.51. The number of aromatic hydroxyl groups is 4. The lowest BCUT2D eigenvalue weighted by Crippen LogP contribution is -2.69. The highest BCUT2D eigenvalue weighted by Gasteiger charge is 2.61. The van der Waals surface area contributed by atoms with E-state index in [0.717, 1.165) is 12.2 Å². The van der Waals surface area contributed by atoms with Crippen LogP contribution < -0.4 is 5.32 Å². The van der Waals surface area contributed by atoms with Gasteiger partial charge in [-0.25, -0.2) is 14.4 Å². The Bertz CT molecular complexity index is 1340. The van der Waals surface area contributed by atoms with Gasteiger partial charge in [-0.3, -0.25) is 0 Å². The fraction of sp³-hybridized carbons (Fsp3) is 0.296. The smallest absolute Gasteiger partial charge is 0.335 e. The highest BCUT2D eigenvalue weighted by Crippen LogP contribution is 2.40. The highest BCUT2D eigenvalue weighted by atomic mass is 16.6. The Morgan fingerprint density at radius 2 is 1.43 bits per heavy atom. The summed E-state index contributed by atoms with van der Waals surface area (Å²) in [6.07, 6.45) is -0.585. The van der Waals surface area contributed by atoms with Crippen molar-refractivity contribution < 1.29 is 59.6 Å². The van der Waals surface area contributed by atoms with Crippen molar-refractivity contribution in [3.8, 4) is 23.0 Å². The van der Waals surface area contributed by atoms with Gasteiger partial charge in [-0.1, -0.05) is 12.1 Å². The molecule has 4 atom stereocenters. The average molecular weight is 560 g/mol. The van der Waals surface area contributed by atoms with Crippen LogP contribution in [0.3, 0.4) is 0 Å². The molecule has 0 amide bonds. The van der Waals surface area contributed by atoms with E-state index in [9.17, 15) is 50.1 Å². The third kappa shape index (κ3) is 6.69. The summed E-state index contributed by atoms with van der Waals surface area (Å²) in [7, 11) is 1.45. The minimum absolute atomic E-state index is 0.302. The van der Waals surface area contributed by atoms with Gasteiger partial charge in [0.05, 0.1) is 0 Å². The Hall–Kier alpha value is -4.59. The minimum Gasteiger partial charge on any atom is -0.504 e. The zero-order valence-corrected chi connectivity index (χ0v) is 21.2. The van der Waals surface area contributed by atoms with Gasteiger partial charge in [0.1, 0.15) is 12.2 Å². The molecule has 1 saturated carbocycles. The van der Waals surface area contributed by atoms with Crippen molar-refractivity contribution in [1.82, 2.24) is 5.32 Å². The number of carboxylic acid groups (broad SMARTS) is 1. The maximum Gasteiger partial charge on any atom is 0.335 e. The van der Waals surface area contributed by atoms with Gasteiger partial charge in [-0.15, -0.1) is 0 Å². The van der Waals surface area contributed by atoms with Crippen molar-refractivity contribution >= 4 is 30.1 Å². The lowest BCUT2D eigenvalue weighted by molar-refractivity contribution is -0.236. The number of ether oxygens (including phenoxy) is 2. The van der Waals surface area contributed by atoms with Crippen LogP contribution in [-0.2, 0) is 23.9 Å². The summed E-state index contributed by atoms with van der Waals surface area (Å²) < 4.78 is 11.0. The van der Waals surface area contributed by atoms with Gasteiger partial charge in [0.25, 0.3) is 0 Å². The van der Waals surface area contributed by atoms with Crippen LogP contribution in [0.15, 0.2) is 48.6 Å². The van der Waals surface area contributed by atoms with E-state index in [0.29, 0.717) is 11.1 Å². The number of rotatable bonds is 9. The van der Waals surface area contributed by atoms with Crippen molar-refractivity contribution in [2.24, 2.45) is 0 Å². The number of aliphatic hydroxyl groups is 2. The first-order valence-electron chi connectivity index (χ1n) is 11.9. The van der Waals surface area contributed by atoms with Crippen LogP contribution in [0, 0.1) is 0 Å². The van der Waals surface area contributed by atoms with Gasteiger partial charge < -0.3 is 50.5 Å². The molecule has 13 heteroatoms. The second kappa shape index (κ2) is 12.1.